The Kier molecular flexibility index (Phi) is 6.61. The molecule has 0 unspecified atom stereocenters. The minimum Gasteiger partial charge on any atom is -0.508 e. The fourth-order valence-corrected chi connectivity index (χ4v) is 3.98. The highest BCUT2D eigenvalue weighted by molar-refractivity contribution is 7.79. The molecule has 0 aromatic heterocycles. The van der Waals surface area contributed by atoms with E-state index >= 15 is 0 Å². The van der Waals surface area contributed by atoms with Gasteiger partial charge in [0.2, 0.25) is 0 Å². The molecule has 0 heterocycles. The van der Waals surface area contributed by atoms with Crippen LogP contribution < -0.4 is 9.80 Å². The standard InChI is InChI=1S/C26H25N3O2S/c1-18-15-23(12-7-21(18)16-27)28(4)25(31)26(2,3)29(17-32)22-10-5-19(6-11-22)20-8-13-24(30)14-9-20/h5-15,17,30H,1-4H3. The van der Waals surface area contributed by atoms with Crippen molar-refractivity contribution >= 4 is 35.0 Å². The van der Waals surface area contributed by atoms with Crippen molar-refractivity contribution in [1.29, 1.82) is 5.26 Å². The van der Waals surface area contributed by atoms with Crippen molar-refractivity contribution in [1.82, 2.24) is 0 Å². The van der Waals surface area contributed by atoms with E-state index in [0.29, 0.717) is 11.3 Å². The number of anilines is 2. The predicted octanol–water partition coefficient (Wildman–Crippen LogP) is 5.44. The number of nitrogens with zero attached hydrogens (tertiary/aromatic N) is 3. The average molecular weight is 444 g/mol. The molecular formula is C26H25N3O2S. The maximum atomic E-state index is 13.5. The predicted molar refractivity (Wildman–Crippen MR) is 133 cm³/mol. The summed E-state index contributed by atoms with van der Waals surface area (Å²) in [6, 6.07) is 22.2. The van der Waals surface area contributed by atoms with Crippen LogP contribution in [0.2, 0.25) is 0 Å². The van der Waals surface area contributed by atoms with Crippen LogP contribution in [0, 0.1) is 18.3 Å². The number of likely N-dealkylation sites (N-methyl/N-ethyl adjacent to an activating group) is 1. The monoisotopic (exact) mass is 443 g/mol. The molecule has 5 nitrogen and oxygen atoms in total. The average Bonchev–Trinajstić information content (AvgIpc) is 2.79. The molecule has 0 radical (unpaired) electrons. The number of amides is 1. The van der Waals surface area contributed by atoms with Gasteiger partial charge in [-0.05, 0) is 79.9 Å². The Hall–Kier alpha value is -3.69. The molecule has 0 aliphatic rings. The first kappa shape index (κ1) is 23.0. The van der Waals surface area contributed by atoms with Gasteiger partial charge in [0.05, 0.1) is 17.1 Å². The summed E-state index contributed by atoms with van der Waals surface area (Å²) in [5.41, 5.74) is 5.43. The highest BCUT2D eigenvalue weighted by atomic mass is 32.1. The number of aryl methyl sites for hydroxylation is 1. The van der Waals surface area contributed by atoms with Crippen LogP contribution in [0.1, 0.15) is 25.0 Å². The lowest BCUT2D eigenvalue weighted by Crippen LogP contribution is -2.55. The molecule has 0 spiro atoms. The summed E-state index contributed by atoms with van der Waals surface area (Å²) < 4.78 is 0. The molecule has 0 bridgehead atoms. The normalized spacial score (nSPS) is 10.8. The van der Waals surface area contributed by atoms with E-state index in [0.717, 1.165) is 22.4 Å². The molecular weight excluding hydrogens is 418 g/mol. The van der Waals surface area contributed by atoms with Crippen molar-refractivity contribution in [3.8, 4) is 22.9 Å². The molecule has 1 N–H and O–H groups in total. The topological polar surface area (TPSA) is 67.6 Å². The zero-order chi connectivity index (χ0) is 23.5. The number of rotatable bonds is 6. The number of benzene rings is 3. The number of carbonyl (C=O) groups excluding carboxylic acids is 1. The summed E-state index contributed by atoms with van der Waals surface area (Å²) in [5, 5.41) is 18.6. The molecule has 162 valence electrons. The summed E-state index contributed by atoms with van der Waals surface area (Å²) in [4.78, 5) is 16.8. The number of thiocarbonyl (C=S) groups is 1. The van der Waals surface area contributed by atoms with Gasteiger partial charge in [0.15, 0.2) is 0 Å². The van der Waals surface area contributed by atoms with Crippen LogP contribution in [0.15, 0.2) is 66.7 Å². The number of carbonyl (C=O) groups is 1. The maximum Gasteiger partial charge on any atom is 0.252 e. The lowest BCUT2D eigenvalue weighted by molar-refractivity contribution is -0.122. The summed E-state index contributed by atoms with van der Waals surface area (Å²) in [6.45, 7) is 5.52. The Bertz CT molecular complexity index is 1180. The van der Waals surface area contributed by atoms with Crippen LogP contribution in [0.4, 0.5) is 11.4 Å². The highest BCUT2D eigenvalue weighted by Crippen LogP contribution is 2.30. The summed E-state index contributed by atoms with van der Waals surface area (Å²) in [5.74, 6) is 0.0874. The van der Waals surface area contributed by atoms with Gasteiger partial charge in [-0.25, -0.2) is 0 Å². The van der Waals surface area contributed by atoms with Crippen molar-refractivity contribution in [2.45, 2.75) is 26.3 Å². The number of hydrogen-bond acceptors (Lipinski definition) is 4. The van der Waals surface area contributed by atoms with E-state index in [2.05, 4.69) is 6.07 Å². The number of nitriles is 1. The molecule has 0 aliphatic heterocycles. The van der Waals surface area contributed by atoms with Gasteiger partial charge >= 0.3 is 0 Å². The SMILES string of the molecule is Cc1cc(N(C)C(=O)C(C)(C)N(C=S)c2ccc(-c3ccc(O)cc3)cc2)ccc1C#N. The summed E-state index contributed by atoms with van der Waals surface area (Å²) in [6.07, 6.45) is 0. The van der Waals surface area contributed by atoms with Gasteiger partial charge in [-0.3, -0.25) is 4.79 Å². The smallest absolute Gasteiger partial charge is 0.252 e. The molecule has 0 atom stereocenters. The largest absolute Gasteiger partial charge is 0.508 e. The third-order valence-corrected chi connectivity index (χ3v) is 5.81. The van der Waals surface area contributed by atoms with Crippen LogP contribution in [0.5, 0.6) is 5.75 Å². The van der Waals surface area contributed by atoms with Gasteiger partial charge in [0.25, 0.3) is 5.91 Å². The molecule has 0 saturated heterocycles. The second-order valence-electron chi connectivity index (χ2n) is 8.10. The van der Waals surface area contributed by atoms with Crippen LogP contribution in [0.3, 0.4) is 0 Å². The third kappa shape index (κ3) is 4.48. The van der Waals surface area contributed by atoms with Gasteiger partial charge in [0, 0.05) is 18.4 Å². The Morgan fingerprint density at radius 1 is 1.00 bits per heavy atom. The van der Waals surface area contributed by atoms with Crippen LogP contribution in [-0.2, 0) is 4.79 Å². The number of aromatic hydroxyl groups is 1. The van der Waals surface area contributed by atoms with E-state index in [1.165, 1.54) is 5.49 Å². The van der Waals surface area contributed by atoms with Crippen LogP contribution >= 0.6 is 12.2 Å². The minimum absolute atomic E-state index is 0.134. The molecule has 3 aromatic rings. The first-order chi connectivity index (χ1) is 15.2. The van der Waals surface area contributed by atoms with E-state index in [-0.39, 0.29) is 11.7 Å². The quantitative estimate of drug-likeness (QED) is 0.514. The zero-order valence-corrected chi connectivity index (χ0v) is 19.4. The Labute approximate surface area is 194 Å². The third-order valence-electron chi connectivity index (χ3n) is 5.60. The number of hydrogen-bond donors (Lipinski definition) is 1. The van der Waals surface area contributed by atoms with E-state index in [1.807, 2.05) is 63.2 Å². The lowest BCUT2D eigenvalue weighted by atomic mass is 9.98. The van der Waals surface area contributed by atoms with E-state index < -0.39 is 5.54 Å². The van der Waals surface area contributed by atoms with E-state index in [9.17, 15) is 9.90 Å². The second-order valence-corrected chi connectivity index (χ2v) is 8.31. The van der Waals surface area contributed by atoms with Gasteiger partial charge in [0.1, 0.15) is 11.3 Å². The van der Waals surface area contributed by atoms with Crippen molar-refractivity contribution in [3.63, 3.8) is 0 Å². The van der Waals surface area contributed by atoms with E-state index in [1.54, 1.807) is 41.1 Å². The maximum absolute atomic E-state index is 13.5. The van der Waals surface area contributed by atoms with E-state index in [4.69, 9.17) is 17.5 Å². The van der Waals surface area contributed by atoms with Crippen molar-refractivity contribution < 1.29 is 9.90 Å². The molecule has 1 amide bonds. The summed E-state index contributed by atoms with van der Waals surface area (Å²) >= 11 is 5.29. The van der Waals surface area contributed by atoms with Crippen LogP contribution in [-0.4, -0.2) is 29.1 Å². The molecule has 32 heavy (non-hydrogen) atoms. The molecule has 3 aromatic carbocycles. The Morgan fingerprint density at radius 2 is 1.53 bits per heavy atom. The fraction of sp³-hybridized carbons (Fsp3) is 0.192. The highest BCUT2D eigenvalue weighted by Gasteiger charge is 2.37. The first-order valence-corrected chi connectivity index (χ1v) is 10.6. The summed E-state index contributed by atoms with van der Waals surface area (Å²) in [7, 11) is 1.72. The Balaban J connectivity index is 1.87. The first-order valence-electron chi connectivity index (χ1n) is 10.1. The zero-order valence-electron chi connectivity index (χ0n) is 18.5. The van der Waals surface area contributed by atoms with Crippen molar-refractivity contribution in [3.05, 3.63) is 77.9 Å². The molecule has 0 aliphatic carbocycles. The van der Waals surface area contributed by atoms with Crippen molar-refractivity contribution in [2.75, 3.05) is 16.8 Å². The van der Waals surface area contributed by atoms with Crippen LogP contribution in [0.25, 0.3) is 11.1 Å². The van der Waals surface area contributed by atoms with Crippen molar-refractivity contribution in [2.24, 2.45) is 0 Å². The van der Waals surface area contributed by atoms with Gasteiger partial charge < -0.3 is 14.9 Å². The van der Waals surface area contributed by atoms with Gasteiger partial charge in [-0.15, -0.1) is 0 Å². The second kappa shape index (κ2) is 9.21. The lowest BCUT2D eigenvalue weighted by Gasteiger charge is -2.38. The van der Waals surface area contributed by atoms with Gasteiger partial charge in [-0.2, -0.15) is 5.26 Å². The molecule has 6 heteroatoms. The van der Waals surface area contributed by atoms with Gasteiger partial charge in [-0.1, -0.05) is 36.5 Å². The fourth-order valence-electron chi connectivity index (χ4n) is 3.60. The minimum atomic E-state index is -0.946. The molecule has 3 rings (SSSR count). The number of phenols is 1. The molecule has 0 fully saturated rings. The number of phenolic OH excluding ortho intramolecular Hbond substituents is 1. The Morgan fingerprint density at radius 3 is 2.03 bits per heavy atom. The molecule has 0 saturated carbocycles.